The number of anilines is 3. The molecule has 0 saturated heterocycles. The molecule has 0 spiro atoms. The molecule has 0 atom stereocenters. The molecule has 0 amide bonds. The average Bonchev–Trinajstić information content (AvgIpc) is 3.37. The molecule has 0 aromatic heterocycles. The molecule has 0 unspecified atom stereocenters. The third kappa shape index (κ3) is 6.72. The van der Waals surface area contributed by atoms with E-state index in [4.69, 9.17) is 9.47 Å². The van der Waals surface area contributed by atoms with Crippen molar-refractivity contribution in [2.75, 3.05) is 4.90 Å². The van der Waals surface area contributed by atoms with Crippen LogP contribution >= 0.6 is 0 Å². The first-order valence-electron chi connectivity index (χ1n) is 23.2. The van der Waals surface area contributed by atoms with Gasteiger partial charge < -0.3 is 14.4 Å². The molecule has 2 aliphatic rings. The maximum Gasteiger partial charge on any atom is 0.139 e. The number of fused-ring (bicyclic) bond motifs is 5. The summed E-state index contributed by atoms with van der Waals surface area (Å²) in [7, 11) is 0. The fourth-order valence-electron chi connectivity index (χ4n) is 10.6. The Bertz CT molecular complexity index is 3490. The monoisotopic (exact) mass is 863 g/mol. The van der Waals surface area contributed by atoms with Gasteiger partial charge in [0.1, 0.15) is 23.0 Å². The van der Waals surface area contributed by atoms with E-state index in [1.165, 1.54) is 38.9 Å². The molecular weight excluding hydrogens is 815 g/mol. The lowest BCUT2D eigenvalue weighted by atomic mass is 9.74. The van der Waals surface area contributed by atoms with Crippen LogP contribution in [0.5, 0.6) is 23.0 Å². The van der Waals surface area contributed by atoms with Crippen LogP contribution in [0.3, 0.4) is 0 Å². The summed E-state index contributed by atoms with van der Waals surface area (Å²) in [5, 5.41) is 2.30. The van der Waals surface area contributed by atoms with Crippen molar-refractivity contribution in [1.82, 2.24) is 0 Å². The molecular formula is C64H49NO2. The van der Waals surface area contributed by atoms with E-state index >= 15 is 0 Å². The largest absolute Gasteiger partial charge is 0.456 e. The maximum absolute atomic E-state index is 6.83. The van der Waals surface area contributed by atoms with E-state index in [-0.39, 0.29) is 10.8 Å². The lowest BCUT2D eigenvalue weighted by molar-refractivity contribution is 0.419. The molecule has 2 aliphatic heterocycles. The van der Waals surface area contributed by atoms with Crippen LogP contribution in [0.15, 0.2) is 224 Å². The number of hydrogen-bond acceptors (Lipinski definition) is 3. The Morgan fingerprint density at radius 3 is 1.28 bits per heavy atom. The highest BCUT2D eigenvalue weighted by Gasteiger charge is 2.37. The number of nitrogens with zero attached hydrogens (tertiary/aromatic N) is 1. The number of hydrogen-bond donors (Lipinski definition) is 0. The quantitative estimate of drug-likeness (QED) is 0.159. The molecule has 12 rings (SSSR count). The second-order valence-electron chi connectivity index (χ2n) is 18.9. The van der Waals surface area contributed by atoms with E-state index < -0.39 is 0 Å². The Balaban J connectivity index is 0.973. The molecule has 10 aromatic rings. The molecule has 0 N–H and O–H groups in total. The minimum Gasteiger partial charge on any atom is -0.456 e. The van der Waals surface area contributed by atoms with Crippen LogP contribution in [0.2, 0.25) is 0 Å². The van der Waals surface area contributed by atoms with Crippen LogP contribution < -0.4 is 14.4 Å². The summed E-state index contributed by atoms with van der Waals surface area (Å²) in [5.74, 6) is 3.67. The maximum atomic E-state index is 6.83. The fourth-order valence-corrected chi connectivity index (χ4v) is 10.6. The average molecular weight is 864 g/mol. The van der Waals surface area contributed by atoms with Gasteiger partial charge in [-0.05, 0) is 81.2 Å². The predicted octanol–water partition coefficient (Wildman–Crippen LogP) is 17.8. The molecule has 10 aromatic carbocycles. The molecule has 3 nitrogen and oxygen atoms in total. The Labute approximate surface area is 393 Å². The first-order valence-corrected chi connectivity index (χ1v) is 23.2. The summed E-state index contributed by atoms with van der Waals surface area (Å²) in [6, 6.07) is 80.7. The van der Waals surface area contributed by atoms with Gasteiger partial charge in [0, 0.05) is 61.0 Å². The van der Waals surface area contributed by atoms with Gasteiger partial charge in [-0.3, -0.25) is 0 Å². The summed E-state index contributed by atoms with van der Waals surface area (Å²) in [6.45, 7) is 9.17. The normalized spacial score (nSPS) is 13.9. The van der Waals surface area contributed by atoms with E-state index in [9.17, 15) is 0 Å². The van der Waals surface area contributed by atoms with Crippen molar-refractivity contribution in [3.05, 3.63) is 247 Å². The SMILES string of the molecule is CC1(C)c2ccccc2Oc2c(-c3ccc(N(c4ccc(-c5ccc(-c6ccccc6)cc5)cc4)c4ccc(-c5cccc6c5Oc5ccccc5C6(C)C)c5ccccc45)cc3)cccc21. The Hall–Kier alpha value is -8.14. The number of rotatable bonds is 7. The molecule has 2 heterocycles. The second kappa shape index (κ2) is 15.8. The minimum atomic E-state index is -0.221. The van der Waals surface area contributed by atoms with Crippen molar-refractivity contribution in [2.24, 2.45) is 0 Å². The van der Waals surface area contributed by atoms with Crippen LogP contribution in [-0.4, -0.2) is 0 Å². The van der Waals surface area contributed by atoms with Gasteiger partial charge in [0.2, 0.25) is 0 Å². The summed E-state index contributed by atoms with van der Waals surface area (Å²) in [6.07, 6.45) is 0. The molecule has 0 radical (unpaired) electrons. The molecule has 0 fully saturated rings. The van der Waals surface area contributed by atoms with Gasteiger partial charge in [-0.15, -0.1) is 0 Å². The van der Waals surface area contributed by atoms with Gasteiger partial charge in [0.05, 0.1) is 5.69 Å². The Morgan fingerprint density at radius 1 is 0.299 bits per heavy atom. The molecule has 0 saturated carbocycles. The smallest absolute Gasteiger partial charge is 0.139 e. The van der Waals surface area contributed by atoms with Gasteiger partial charge in [-0.25, -0.2) is 0 Å². The van der Waals surface area contributed by atoms with Crippen LogP contribution in [0.4, 0.5) is 17.1 Å². The van der Waals surface area contributed by atoms with Gasteiger partial charge in [-0.2, -0.15) is 0 Å². The Kier molecular flexibility index (Phi) is 9.51. The summed E-state index contributed by atoms with van der Waals surface area (Å²) >= 11 is 0. The molecule has 0 aliphatic carbocycles. The predicted molar refractivity (Wildman–Crippen MR) is 278 cm³/mol. The molecule has 67 heavy (non-hydrogen) atoms. The third-order valence-electron chi connectivity index (χ3n) is 14.2. The topological polar surface area (TPSA) is 21.7 Å². The van der Waals surface area contributed by atoms with Gasteiger partial charge in [-0.1, -0.05) is 210 Å². The molecule has 3 heteroatoms. The van der Waals surface area contributed by atoms with Crippen LogP contribution in [0.1, 0.15) is 49.9 Å². The summed E-state index contributed by atoms with van der Waals surface area (Å²) in [5.41, 5.74) is 16.7. The van der Waals surface area contributed by atoms with E-state index in [1.54, 1.807) is 0 Å². The first-order chi connectivity index (χ1) is 32.7. The number of para-hydroxylation sites is 4. The zero-order valence-corrected chi connectivity index (χ0v) is 38.1. The molecule has 322 valence electrons. The van der Waals surface area contributed by atoms with E-state index in [1.807, 2.05) is 0 Å². The second-order valence-corrected chi connectivity index (χ2v) is 18.9. The lowest BCUT2D eigenvalue weighted by Gasteiger charge is -2.35. The van der Waals surface area contributed by atoms with E-state index in [2.05, 4.69) is 257 Å². The van der Waals surface area contributed by atoms with Crippen LogP contribution in [0, 0.1) is 0 Å². The van der Waals surface area contributed by atoms with Crippen molar-refractivity contribution >= 4 is 27.8 Å². The zero-order valence-electron chi connectivity index (χ0n) is 38.1. The highest BCUT2D eigenvalue weighted by Crippen LogP contribution is 2.54. The van der Waals surface area contributed by atoms with Crippen molar-refractivity contribution in [2.45, 2.75) is 38.5 Å². The van der Waals surface area contributed by atoms with Gasteiger partial charge in [0.25, 0.3) is 0 Å². The highest BCUT2D eigenvalue weighted by molar-refractivity contribution is 6.07. The summed E-state index contributed by atoms with van der Waals surface area (Å²) < 4.78 is 13.6. The van der Waals surface area contributed by atoms with Gasteiger partial charge >= 0.3 is 0 Å². The minimum absolute atomic E-state index is 0.202. The van der Waals surface area contributed by atoms with Crippen molar-refractivity contribution in [3.63, 3.8) is 0 Å². The van der Waals surface area contributed by atoms with E-state index in [0.717, 1.165) is 78.6 Å². The molecule has 0 bridgehead atoms. The van der Waals surface area contributed by atoms with Crippen molar-refractivity contribution in [1.29, 1.82) is 0 Å². The third-order valence-corrected chi connectivity index (χ3v) is 14.2. The van der Waals surface area contributed by atoms with Crippen molar-refractivity contribution in [3.8, 4) is 67.5 Å². The standard InChI is InChI=1S/C64H49NO2/c1-63(2)54-22-10-12-26-59(54)66-61-49(20-14-24-56(61)63)46-34-38-48(39-35-46)65(47-36-32-45(33-37-47)44-30-28-43(29-31-44)42-16-6-5-7-17-42)58-41-40-51(50-18-8-9-19-52(50)58)53-21-15-25-57-62(53)67-60-27-13-11-23-55(60)64(57,3)4/h5-41H,1-4H3. The van der Waals surface area contributed by atoms with Crippen LogP contribution in [0.25, 0.3) is 55.3 Å². The Morgan fingerprint density at radius 2 is 0.716 bits per heavy atom. The number of ether oxygens (including phenoxy) is 2. The highest BCUT2D eigenvalue weighted by atomic mass is 16.5. The zero-order chi connectivity index (χ0) is 45.3. The van der Waals surface area contributed by atoms with E-state index in [0.29, 0.717) is 0 Å². The first kappa shape index (κ1) is 40.4. The summed E-state index contributed by atoms with van der Waals surface area (Å²) in [4.78, 5) is 2.39. The lowest BCUT2D eigenvalue weighted by Crippen LogP contribution is -2.24. The fraction of sp³-hybridized carbons (Fsp3) is 0.0938. The number of benzene rings is 10. The van der Waals surface area contributed by atoms with Crippen LogP contribution in [-0.2, 0) is 10.8 Å². The van der Waals surface area contributed by atoms with Gasteiger partial charge in [0.15, 0.2) is 0 Å². The van der Waals surface area contributed by atoms with Crippen molar-refractivity contribution < 1.29 is 9.47 Å².